The van der Waals surface area contributed by atoms with E-state index < -0.39 is 6.43 Å². The molecule has 30 heavy (non-hydrogen) atoms. The lowest BCUT2D eigenvalue weighted by Crippen LogP contribution is -2.31. The first-order valence-electron chi connectivity index (χ1n) is 10.0. The van der Waals surface area contributed by atoms with E-state index in [0.717, 1.165) is 47.6 Å². The van der Waals surface area contributed by atoms with Gasteiger partial charge in [-0.3, -0.25) is 14.6 Å². The quantitative estimate of drug-likeness (QED) is 0.668. The minimum atomic E-state index is -2.60. The summed E-state index contributed by atoms with van der Waals surface area (Å²) in [4.78, 5) is 15.0. The number of fused-ring (bicyclic) bond motifs is 2. The highest BCUT2D eigenvalue weighted by molar-refractivity contribution is 5.77. The van der Waals surface area contributed by atoms with Gasteiger partial charge in [0.15, 0.2) is 5.82 Å². The van der Waals surface area contributed by atoms with E-state index in [9.17, 15) is 13.6 Å². The van der Waals surface area contributed by atoms with Gasteiger partial charge in [0, 0.05) is 60.8 Å². The Morgan fingerprint density at radius 1 is 1.23 bits per heavy atom. The first-order valence-corrected chi connectivity index (χ1v) is 10.0. The van der Waals surface area contributed by atoms with Crippen LogP contribution >= 0.6 is 0 Å². The standard InChI is InChI=1S/C21H22F2N6O/c1-27-10-14(9-24-27)15-7-13-3-2-5-29(19(13)8-16(15)20(22)23)21-17-11-28(12-30)6-4-18(17)25-26-21/h7-10,12,20H,2-6,11H2,1H3,(H,25,26). The number of aromatic nitrogens is 4. The Morgan fingerprint density at radius 2 is 2.10 bits per heavy atom. The maximum atomic E-state index is 14.0. The fraction of sp³-hybridized carbons (Fsp3) is 0.381. The van der Waals surface area contributed by atoms with Crippen molar-refractivity contribution in [3.8, 4) is 11.1 Å². The second kappa shape index (κ2) is 7.23. The molecule has 0 atom stereocenters. The SMILES string of the molecule is Cn1cc(-c2cc3c(cc2C(F)F)N(c2n[nH]c4c2CN(C=O)CC4)CCC3)cn1. The minimum absolute atomic E-state index is 0.00688. The van der Waals surface area contributed by atoms with E-state index in [1.807, 2.05) is 11.0 Å². The highest BCUT2D eigenvalue weighted by Crippen LogP contribution is 2.42. The Morgan fingerprint density at radius 3 is 2.83 bits per heavy atom. The van der Waals surface area contributed by atoms with Gasteiger partial charge in [-0.1, -0.05) is 0 Å². The van der Waals surface area contributed by atoms with E-state index in [2.05, 4.69) is 15.3 Å². The lowest BCUT2D eigenvalue weighted by molar-refractivity contribution is -0.118. The van der Waals surface area contributed by atoms with E-state index in [1.54, 1.807) is 35.1 Å². The van der Waals surface area contributed by atoms with E-state index in [4.69, 9.17) is 0 Å². The van der Waals surface area contributed by atoms with Crippen molar-refractivity contribution < 1.29 is 13.6 Å². The average Bonchev–Trinajstić information content (AvgIpc) is 3.37. The van der Waals surface area contributed by atoms with Crippen LogP contribution in [0.5, 0.6) is 0 Å². The van der Waals surface area contributed by atoms with Crippen LogP contribution in [0.15, 0.2) is 24.5 Å². The number of rotatable bonds is 4. The van der Waals surface area contributed by atoms with Gasteiger partial charge in [0.05, 0.1) is 12.7 Å². The van der Waals surface area contributed by atoms with Crippen molar-refractivity contribution >= 4 is 17.9 Å². The van der Waals surface area contributed by atoms with E-state index in [1.165, 1.54) is 0 Å². The summed E-state index contributed by atoms with van der Waals surface area (Å²) in [7, 11) is 1.77. The number of nitrogens with zero attached hydrogens (tertiary/aromatic N) is 5. The summed E-state index contributed by atoms with van der Waals surface area (Å²) in [5.41, 5.74) is 4.97. The molecule has 3 aromatic rings. The molecule has 0 fully saturated rings. The number of benzene rings is 1. The molecule has 0 saturated carbocycles. The van der Waals surface area contributed by atoms with Gasteiger partial charge in [-0.2, -0.15) is 10.2 Å². The predicted molar refractivity (Wildman–Crippen MR) is 108 cm³/mol. The highest BCUT2D eigenvalue weighted by Gasteiger charge is 2.29. The van der Waals surface area contributed by atoms with Gasteiger partial charge in [0.25, 0.3) is 6.43 Å². The number of aryl methyl sites for hydroxylation is 2. The zero-order valence-corrected chi connectivity index (χ0v) is 16.6. The molecule has 1 aromatic carbocycles. The molecule has 2 aliphatic rings. The van der Waals surface area contributed by atoms with Crippen molar-refractivity contribution in [2.24, 2.45) is 7.05 Å². The monoisotopic (exact) mass is 412 g/mol. The number of anilines is 2. The third-order valence-corrected chi connectivity index (χ3v) is 5.97. The van der Waals surface area contributed by atoms with Crippen molar-refractivity contribution in [2.45, 2.75) is 32.2 Å². The van der Waals surface area contributed by atoms with Gasteiger partial charge < -0.3 is 9.80 Å². The largest absolute Gasteiger partial charge is 0.340 e. The number of H-pyrrole nitrogens is 1. The van der Waals surface area contributed by atoms with E-state index in [-0.39, 0.29) is 5.56 Å². The smallest absolute Gasteiger partial charge is 0.264 e. The fourth-order valence-electron chi connectivity index (χ4n) is 4.47. The number of carbonyl (C=O) groups excluding carboxylic acids is 1. The zero-order chi connectivity index (χ0) is 20.8. The van der Waals surface area contributed by atoms with Crippen LogP contribution in [0.2, 0.25) is 0 Å². The summed E-state index contributed by atoms with van der Waals surface area (Å²) in [5, 5.41) is 11.7. The molecule has 0 aliphatic carbocycles. The van der Waals surface area contributed by atoms with Crippen LogP contribution in [0.25, 0.3) is 11.1 Å². The van der Waals surface area contributed by atoms with Crippen LogP contribution in [-0.4, -0.2) is 44.4 Å². The Kier molecular flexibility index (Phi) is 4.52. The summed E-state index contributed by atoms with van der Waals surface area (Å²) < 4.78 is 29.6. The molecule has 0 saturated heterocycles. The molecule has 0 radical (unpaired) electrons. The maximum Gasteiger partial charge on any atom is 0.264 e. The Hall–Kier alpha value is -3.23. The molecule has 0 unspecified atom stereocenters. The molecule has 156 valence electrons. The zero-order valence-electron chi connectivity index (χ0n) is 16.6. The maximum absolute atomic E-state index is 14.0. The van der Waals surface area contributed by atoms with Crippen molar-refractivity contribution in [2.75, 3.05) is 18.0 Å². The number of hydrogen-bond acceptors (Lipinski definition) is 4. The molecule has 0 spiro atoms. The number of halogens is 2. The molecule has 7 nitrogen and oxygen atoms in total. The molecule has 0 bridgehead atoms. The van der Waals surface area contributed by atoms with Crippen LogP contribution in [-0.2, 0) is 31.2 Å². The van der Waals surface area contributed by atoms with Crippen LogP contribution in [0.3, 0.4) is 0 Å². The van der Waals surface area contributed by atoms with Gasteiger partial charge in [-0.15, -0.1) is 0 Å². The minimum Gasteiger partial charge on any atom is -0.340 e. The average molecular weight is 412 g/mol. The molecular weight excluding hydrogens is 390 g/mol. The van der Waals surface area contributed by atoms with Crippen molar-refractivity contribution in [1.82, 2.24) is 24.9 Å². The number of aromatic amines is 1. The van der Waals surface area contributed by atoms with Crippen LogP contribution in [0.4, 0.5) is 20.3 Å². The molecule has 2 aliphatic heterocycles. The number of hydrogen-bond donors (Lipinski definition) is 1. The van der Waals surface area contributed by atoms with Gasteiger partial charge in [-0.25, -0.2) is 8.78 Å². The van der Waals surface area contributed by atoms with Crippen molar-refractivity contribution in [1.29, 1.82) is 0 Å². The number of amides is 1. The predicted octanol–water partition coefficient (Wildman–Crippen LogP) is 3.35. The lowest BCUT2D eigenvalue weighted by atomic mass is 9.93. The van der Waals surface area contributed by atoms with Gasteiger partial charge in [-0.05, 0) is 36.1 Å². The van der Waals surface area contributed by atoms with Crippen LogP contribution in [0, 0.1) is 0 Å². The summed E-state index contributed by atoms with van der Waals surface area (Å²) in [6, 6.07) is 3.47. The molecule has 1 N–H and O–H groups in total. The third kappa shape index (κ3) is 3.05. The molecule has 9 heteroatoms. The summed E-state index contributed by atoms with van der Waals surface area (Å²) in [6.45, 7) is 1.82. The van der Waals surface area contributed by atoms with Crippen molar-refractivity contribution in [3.63, 3.8) is 0 Å². The molecule has 4 heterocycles. The van der Waals surface area contributed by atoms with Gasteiger partial charge in [0.2, 0.25) is 6.41 Å². The first-order chi connectivity index (χ1) is 14.5. The number of alkyl halides is 2. The van der Waals surface area contributed by atoms with Crippen molar-refractivity contribution in [3.05, 3.63) is 46.9 Å². The van der Waals surface area contributed by atoms with E-state index in [0.29, 0.717) is 37.2 Å². The third-order valence-electron chi connectivity index (χ3n) is 5.97. The molecular formula is C21H22F2N6O. The second-order valence-electron chi connectivity index (χ2n) is 7.86. The normalized spacial score (nSPS) is 16.0. The Bertz CT molecular complexity index is 1110. The van der Waals surface area contributed by atoms with Gasteiger partial charge >= 0.3 is 0 Å². The second-order valence-corrected chi connectivity index (χ2v) is 7.86. The Balaban J connectivity index is 1.61. The first kappa shape index (κ1) is 18.8. The molecule has 1 amide bonds. The van der Waals surface area contributed by atoms with Crippen LogP contribution in [0.1, 0.15) is 35.2 Å². The summed E-state index contributed by atoms with van der Waals surface area (Å²) in [5.74, 6) is 0.729. The topological polar surface area (TPSA) is 70.1 Å². The van der Waals surface area contributed by atoms with Gasteiger partial charge in [0.1, 0.15) is 0 Å². The lowest BCUT2D eigenvalue weighted by Gasteiger charge is -2.33. The number of nitrogens with one attached hydrogen (secondary N) is 1. The molecule has 2 aromatic heterocycles. The summed E-state index contributed by atoms with van der Waals surface area (Å²) in [6.07, 6.45) is 4.04. The molecule has 5 rings (SSSR count). The Labute approximate surface area is 172 Å². The number of carbonyl (C=O) groups is 1. The fourth-order valence-corrected chi connectivity index (χ4v) is 4.47. The van der Waals surface area contributed by atoms with E-state index >= 15 is 0 Å². The van der Waals surface area contributed by atoms with Crippen LogP contribution < -0.4 is 4.90 Å². The summed E-state index contributed by atoms with van der Waals surface area (Å²) >= 11 is 0. The highest BCUT2D eigenvalue weighted by atomic mass is 19.3.